The number of likely N-dealkylation sites (N-methyl/N-ethyl adjacent to an activating group) is 1. The minimum Gasteiger partial charge on any atom is -0.491 e. The number of nitrogens with zero attached hydrogens (tertiary/aromatic N) is 2. The second-order valence-electron chi connectivity index (χ2n) is 9.35. The van der Waals surface area contributed by atoms with Crippen LogP contribution in [0.25, 0.3) is 10.9 Å². The van der Waals surface area contributed by atoms with Crippen LogP contribution in [0.2, 0.25) is 0 Å². The molecule has 1 fully saturated rings. The number of H-pyrrole nitrogens is 1. The molecule has 5 rings (SSSR count). The smallest absolute Gasteiger partial charge is 0.270 e. The first-order valence-corrected chi connectivity index (χ1v) is 12.1. The molecule has 8 heteroatoms. The first kappa shape index (κ1) is 23.4. The average molecular weight is 480 g/mol. The molecule has 1 unspecified atom stereocenters. The number of fused-ring (bicyclic) bond motifs is 2. The van der Waals surface area contributed by atoms with Crippen molar-refractivity contribution in [3.63, 3.8) is 0 Å². The number of carbonyl (C=O) groups excluding carboxylic acids is 2. The number of carbonyl (C=O) groups is 2. The number of aryl methyl sites for hydroxylation is 1. The van der Waals surface area contributed by atoms with E-state index in [9.17, 15) is 14.0 Å². The molecule has 1 atom stereocenters. The largest absolute Gasteiger partial charge is 0.491 e. The van der Waals surface area contributed by atoms with E-state index in [-0.39, 0.29) is 25.0 Å². The van der Waals surface area contributed by atoms with Crippen LogP contribution in [-0.4, -0.2) is 72.1 Å². The molecule has 35 heavy (non-hydrogen) atoms. The van der Waals surface area contributed by atoms with Crippen LogP contribution in [0.1, 0.15) is 35.3 Å². The van der Waals surface area contributed by atoms with E-state index in [1.807, 2.05) is 18.2 Å². The van der Waals surface area contributed by atoms with E-state index in [1.165, 1.54) is 6.07 Å². The molecule has 0 saturated carbocycles. The molecule has 3 aromatic rings. The van der Waals surface area contributed by atoms with Crippen molar-refractivity contribution in [1.29, 1.82) is 0 Å². The van der Waals surface area contributed by atoms with Crippen molar-refractivity contribution in [2.45, 2.75) is 31.3 Å². The molecule has 1 spiro atoms. The van der Waals surface area contributed by atoms with Gasteiger partial charge < -0.3 is 24.3 Å². The Bertz CT molecular complexity index is 1240. The molecule has 184 valence electrons. The van der Waals surface area contributed by atoms with Gasteiger partial charge in [0.25, 0.3) is 11.8 Å². The Kier molecular flexibility index (Phi) is 6.47. The van der Waals surface area contributed by atoms with Crippen LogP contribution >= 0.6 is 0 Å². The fourth-order valence-corrected chi connectivity index (χ4v) is 5.07. The summed E-state index contributed by atoms with van der Waals surface area (Å²) < 4.78 is 26.3. The van der Waals surface area contributed by atoms with E-state index in [0.717, 1.165) is 30.6 Å². The van der Waals surface area contributed by atoms with Gasteiger partial charge in [-0.15, -0.1) is 0 Å². The SMILES string of the molecule is CN1CCOc2ccccc2CCCCC2(CN(C(=O)c3cc4cccc(F)c4[nH]3)CCO2)C1=O. The quantitative estimate of drug-likeness (QED) is 0.577. The minimum atomic E-state index is -1.11. The lowest BCUT2D eigenvalue weighted by Gasteiger charge is -2.43. The van der Waals surface area contributed by atoms with Crippen molar-refractivity contribution in [1.82, 2.24) is 14.8 Å². The van der Waals surface area contributed by atoms with Gasteiger partial charge in [0.1, 0.15) is 23.9 Å². The van der Waals surface area contributed by atoms with E-state index in [2.05, 4.69) is 11.1 Å². The number of para-hydroxylation sites is 2. The Labute approximate surface area is 203 Å². The Morgan fingerprint density at radius 1 is 1.09 bits per heavy atom. The Morgan fingerprint density at radius 3 is 2.80 bits per heavy atom. The number of morpholine rings is 1. The van der Waals surface area contributed by atoms with Crippen molar-refractivity contribution >= 4 is 22.7 Å². The van der Waals surface area contributed by atoms with E-state index >= 15 is 0 Å². The van der Waals surface area contributed by atoms with Crippen molar-refractivity contribution in [2.75, 3.05) is 39.9 Å². The highest BCUT2D eigenvalue weighted by atomic mass is 19.1. The monoisotopic (exact) mass is 479 g/mol. The van der Waals surface area contributed by atoms with Crippen molar-refractivity contribution in [2.24, 2.45) is 0 Å². The number of hydrogen-bond donors (Lipinski definition) is 1. The third-order valence-corrected chi connectivity index (χ3v) is 6.98. The summed E-state index contributed by atoms with van der Waals surface area (Å²) >= 11 is 0. The van der Waals surface area contributed by atoms with E-state index < -0.39 is 11.4 Å². The van der Waals surface area contributed by atoms with Gasteiger partial charge >= 0.3 is 0 Å². The van der Waals surface area contributed by atoms with Gasteiger partial charge in [0.2, 0.25) is 0 Å². The highest BCUT2D eigenvalue weighted by Gasteiger charge is 2.46. The third kappa shape index (κ3) is 4.62. The first-order valence-electron chi connectivity index (χ1n) is 12.1. The second-order valence-corrected chi connectivity index (χ2v) is 9.35. The van der Waals surface area contributed by atoms with Gasteiger partial charge in [-0.1, -0.05) is 30.3 Å². The zero-order valence-corrected chi connectivity index (χ0v) is 19.9. The molecule has 3 heterocycles. The van der Waals surface area contributed by atoms with Crippen molar-refractivity contribution in [3.05, 3.63) is 65.6 Å². The van der Waals surface area contributed by atoms with Gasteiger partial charge in [0.15, 0.2) is 5.60 Å². The van der Waals surface area contributed by atoms with Crippen LogP contribution in [0.4, 0.5) is 4.39 Å². The Morgan fingerprint density at radius 2 is 1.94 bits per heavy atom. The molecule has 0 aliphatic carbocycles. The Balaban J connectivity index is 1.37. The van der Waals surface area contributed by atoms with Gasteiger partial charge in [-0.05, 0) is 49.4 Å². The lowest BCUT2D eigenvalue weighted by molar-refractivity contribution is -0.169. The van der Waals surface area contributed by atoms with E-state index in [0.29, 0.717) is 42.7 Å². The average Bonchev–Trinajstić information content (AvgIpc) is 3.32. The number of ether oxygens (including phenoxy) is 2. The predicted octanol–water partition coefficient (Wildman–Crippen LogP) is 3.78. The number of amides is 2. The number of halogens is 1. The van der Waals surface area contributed by atoms with Crippen LogP contribution in [0.15, 0.2) is 48.5 Å². The number of nitrogens with one attached hydrogen (secondary N) is 1. The van der Waals surface area contributed by atoms with Crippen LogP contribution in [0, 0.1) is 5.82 Å². The van der Waals surface area contributed by atoms with Gasteiger partial charge in [-0.25, -0.2) is 4.39 Å². The molecule has 0 radical (unpaired) electrons. The van der Waals surface area contributed by atoms with Crippen LogP contribution in [0.5, 0.6) is 5.75 Å². The van der Waals surface area contributed by atoms with Crippen LogP contribution in [-0.2, 0) is 16.0 Å². The maximum absolute atomic E-state index is 14.2. The van der Waals surface area contributed by atoms with Gasteiger partial charge in [-0.3, -0.25) is 9.59 Å². The van der Waals surface area contributed by atoms with Crippen molar-refractivity contribution in [3.8, 4) is 5.75 Å². The van der Waals surface area contributed by atoms with Crippen molar-refractivity contribution < 1.29 is 23.5 Å². The van der Waals surface area contributed by atoms with Crippen LogP contribution in [0.3, 0.4) is 0 Å². The molecule has 2 aromatic carbocycles. The highest BCUT2D eigenvalue weighted by Crippen LogP contribution is 2.30. The lowest BCUT2D eigenvalue weighted by atomic mass is 9.91. The minimum absolute atomic E-state index is 0.143. The maximum Gasteiger partial charge on any atom is 0.270 e. The number of aromatic nitrogens is 1. The third-order valence-electron chi connectivity index (χ3n) is 6.98. The van der Waals surface area contributed by atoms with E-state index in [1.54, 1.807) is 35.0 Å². The summed E-state index contributed by atoms with van der Waals surface area (Å²) in [6.45, 7) is 1.57. The molecule has 2 aliphatic heterocycles. The van der Waals surface area contributed by atoms with E-state index in [4.69, 9.17) is 9.47 Å². The lowest BCUT2D eigenvalue weighted by Crippen LogP contribution is -2.61. The summed E-state index contributed by atoms with van der Waals surface area (Å²) in [5.41, 5.74) is 0.657. The molecule has 2 amide bonds. The summed E-state index contributed by atoms with van der Waals surface area (Å²) in [7, 11) is 1.75. The number of benzene rings is 2. The molecule has 0 bridgehead atoms. The van der Waals surface area contributed by atoms with Gasteiger partial charge in [-0.2, -0.15) is 0 Å². The highest BCUT2D eigenvalue weighted by molar-refractivity contribution is 5.98. The summed E-state index contributed by atoms with van der Waals surface area (Å²) in [6, 6.07) is 14.4. The summed E-state index contributed by atoms with van der Waals surface area (Å²) in [5, 5.41) is 0.637. The van der Waals surface area contributed by atoms with Gasteiger partial charge in [0.05, 0.1) is 25.2 Å². The fourth-order valence-electron chi connectivity index (χ4n) is 5.07. The normalized spacial score (nSPS) is 21.8. The fraction of sp³-hybridized carbons (Fsp3) is 0.407. The molecule has 1 saturated heterocycles. The van der Waals surface area contributed by atoms with Crippen LogP contribution < -0.4 is 4.74 Å². The zero-order chi connectivity index (χ0) is 24.4. The summed E-state index contributed by atoms with van der Waals surface area (Å²) in [4.78, 5) is 33.2. The topological polar surface area (TPSA) is 74.9 Å². The summed E-state index contributed by atoms with van der Waals surface area (Å²) in [5.74, 6) is 0.0567. The standard InChI is InChI=1S/C27H30FN3O4/c1-30-13-15-34-23-11-3-2-7-19(23)8-4-5-12-27(26(30)33)18-31(14-16-35-27)25(32)22-17-20-9-6-10-21(28)24(20)29-22/h2-3,6-7,9-11,17,29H,4-5,8,12-16,18H2,1H3. The number of rotatable bonds is 1. The molecule has 2 aliphatic rings. The Hall–Kier alpha value is -3.39. The maximum atomic E-state index is 14.2. The molecule has 1 N–H and O–H groups in total. The molecule has 7 nitrogen and oxygen atoms in total. The molecular weight excluding hydrogens is 449 g/mol. The second kappa shape index (κ2) is 9.70. The molecular formula is C27H30FN3O4. The number of aromatic amines is 1. The molecule has 1 aromatic heterocycles. The number of hydrogen-bond acceptors (Lipinski definition) is 4. The zero-order valence-electron chi connectivity index (χ0n) is 19.9. The van der Waals surface area contributed by atoms with Gasteiger partial charge in [0, 0.05) is 19.0 Å². The predicted molar refractivity (Wildman–Crippen MR) is 130 cm³/mol. The summed E-state index contributed by atoms with van der Waals surface area (Å²) in [6.07, 6.45) is 3.01. The first-order chi connectivity index (χ1) is 17.0.